The van der Waals surface area contributed by atoms with Crippen LogP contribution >= 0.6 is 11.6 Å². The van der Waals surface area contributed by atoms with Gasteiger partial charge < -0.3 is 14.8 Å². The van der Waals surface area contributed by atoms with Crippen molar-refractivity contribution < 1.29 is 9.47 Å². The highest BCUT2D eigenvalue weighted by Crippen LogP contribution is 2.32. The van der Waals surface area contributed by atoms with Crippen molar-refractivity contribution in [3.8, 4) is 11.5 Å². The fraction of sp³-hybridized carbons (Fsp3) is 0.412. The first-order valence-corrected chi connectivity index (χ1v) is 8.17. The lowest BCUT2D eigenvalue weighted by molar-refractivity contribution is 0.200. The lowest BCUT2D eigenvalue weighted by Gasteiger charge is -2.17. The third kappa shape index (κ3) is 4.26. The van der Waals surface area contributed by atoms with E-state index < -0.39 is 0 Å². The number of halogens is 1. The van der Waals surface area contributed by atoms with Crippen LogP contribution in [0.25, 0.3) is 0 Å². The van der Waals surface area contributed by atoms with E-state index >= 15 is 0 Å². The summed E-state index contributed by atoms with van der Waals surface area (Å²) in [6.45, 7) is 0.611. The number of benzene rings is 1. The van der Waals surface area contributed by atoms with Crippen LogP contribution in [0.1, 0.15) is 31.2 Å². The summed E-state index contributed by atoms with van der Waals surface area (Å²) < 4.78 is 11.5. The van der Waals surface area contributed by atoms with Crippen molar-refractivity contribution in [3.05, 3.63) is 41.3 Å². The van der Waals surface area contributed by atoms with Gasteiger partial charge in [-0.1, -0.05) is 17.7 Å². The van der Waals surface area contributed by atoms with E-state index in [4.69, 9.17) is 21.1 Å². The summed E-state index contributed by atoms with van der Waals surface area (Å²) in [5.74, 6) is 2.21. The van der Waals surface area contributed by atoms with Crippen LogP contribution < -0.4 is 14.8 Å². The summed E-state index contributed by atoms with van der Waals surface area (Å²) in [6.07, 6.45) is 8.15. The number of nitrogens with zero attached hydrogens (tertiary/aromatic N) is 2. The number of methoxy groups -OCH3 is 1. The van der Waals surface area contributed by atoms with Crippen molar-refractivity contribution in [3.63, 3.8) is 0 Å². The van der Waals surface area contributed by atoms with Crippen LogP contribution in [0.4, 0.5) is 5.82 Å². The highest BCUT2D eigenvalue weighted by Gasteiger charge is 2.18. The predicted molar refractivity (Wildman–Crippen MR) is 90.2 cm³/mol. The molecule has 5 nitrogen and oxygen atoms in total. The van der Waals surface area contributed by atoms with Crippen molar-refractivity contribution in [2.45, 2.75) is 38.3 Å². The zero-order chi connectivity index (χ0) is 16.1. The van der Waals surface area contributed by atoms with Gasteiger partial charge in [0.25, 0.3) is 0 Å². The highest BCUT2D eigenvalue weighted by molar-refractivity contribution is 6.29. The fourth-order valence-electron chi connectivity index (χ4n) is 2.73. The SMILES string of the molecule is COc1ccc(CNc2cncc(Cl)n2)cc1OC1CCCC1. The molecule has 3 rings (SSSR count). The molecule has 0 atom stereocenters. The van der Waals surface area contributed by atoms with E-state index in [1.165, 1.54) is 19.0 Å². The van der Waals surface area contributed by atoms with Crippen LogP contribution in [0.5, 0.6) is 11.5 Å². The molecule has 23 heavy (non-hydrogen) atoms. The Morgan fingerprint density at radius 1 is 1.22 bits per heavy atom. The Hall–Kier alpha value is -2.01. The number of hydrogen-bond acceptors (Lipinski definition) is 5. The minimum Gasteiger partial charge on any atom is -0.493 e. The molecule has 0 amide bonds. The molecule has 0 bridgehead atoms. The van der Waals surface area contributed by atoms with E-state index in [0.29, 0.717) is 23.6 Å². The number of aromatic nitrogens is 2. The first-order chi connectivity index (χ1) is 11.2. The first-order valence-electron chi connectivity index (χ1n) is 7.79. The van der Waals surface area contributed by atoms with E-state index in [-0.39, 0.29) is 0 Å². The lowest BCUT2D eigenvalue weighted by Crippen LogP contribution is -2.12. The summed E-state index contributed by atoms with van der Waals surface area (Å²) in [7, 11) is 1.66. The number of hydrogen-bond donors (Lipinski definition) is 1. The molecule has 1 aliphatic carbocycles. The summed E-state index contributed by atoms with van der Waals surface area (Å²) >= 11 is 5.84. The van der Waals surface area contributed by atoms with Gasteiger partial charge in [-0.2, -0.15) is 0 Å². The van der Waals surface area contributed by atoms with E-state index in [9.17, 15) is 0 Å². The molecular weight excluding hydrogens is 314 g/mol. The second-order valence-electron chi connectivity index (χ2n) is 5.59. The number of anilines is 1. The Morgan fingerprint density at radius 3 is 2.78 bits per heavy atom. The minimum atomic E-state index is 0.297. The summed E-state index contributed by atoms with van der Waals surface area (Å²) in [5, 5.41) is 3.58. The van der Waals surface area contributed by atoms with Crippen LogP contribution in [0.15, 0.2) is 30.6 Å². The van der Waals surface area contributed by atoms with E-state index in [1.54, 1.807) is 13.3 Å². The van der Waals surface area contributed by atoms with E-state index in [2.05, 4.69) is 15.3 Å². The third-order valence-corrected chi connectivity index (χ3v) is 4.08. The third-order valence-electron chi connectivity index (χ3n) is 3.90. The van der Waals surface area contributed by atoms with Crippen LogP contribution in [0.3, 0.4) is 0 Å². The van der Waals surface area contributed by atoms with Gasteiger partial charge in [0.15, 0.2) is 11.5 Å². The Bertz CT molecular complexity index is 660. The zero-order valence-corrected chi connectivity index (χ0v) is 13.8. The normalized spacial score (nSPS) is 14.7. The molecule has 1 saturated carbocycles. The van der Waals surface area contributed by atoms with Crippen molar-refractivity contribution in [1.82, 2.24) is 9.97 Å². The first kappa shape index (κ1) is 15.9. The van der Waals surface area contributed by atoms with E-state index in [1.807, 2.05) is 18.2 Å². The Kier molecular flexibility index (Phi) is 5.18. The maximum absolute atomic E-state index is 6.11. The van der Waals surface area contributed by atoms with Gasteiger partial charge >= 0.3 is 0 Å². The molecule has 0 spiro atoms. The largest absolute Gasteiger partial charge is 0.493 e. The molecule has 6 heteroatoms. The average Bonchev–Trinajstić information content (AvgIpc) is 3.06. The number of nitrogens with one attached hydrogen (secondary N) is 1. The van der Waals surface area contributed by atoms with Gasteiger partial charge in [0.2, 0.25) is 0 Å². The zero-order valence-electron chi connectivity index (χ0n) is 13.1. The molecular formula is C17H20ClN3O2. The molecule has 1 aromatic heterocycles. The summed E-state index contributed by atoms with van der Waals surface area (Å²) in [6, 6.07) is 5.96. The number of rotatable bonds is 6. The molecule has 1 N–H and O–H groups in total. The van der Waals surface area contributed by atoms with Crippen LogP contribution in [0.2, 0.25) is 5.15 Å². The fourth-order valence-corrected chi connectivity index (χ4v) is 2.88. The van der Waals surface area contributed by atoms with Gasteiger partial charge in [-0.15, -0.1) is 0 Å². The average molecular weight is 334 g/mol. The highest BCUT2D eigenvalue weighted by atomic mass is 35.5. The van der Waals surface area contributed by atoms with Gasteiger partial charge in [-0.05, 0) is 43.4 Å². The van der Waals surface area contributed by atoms with Gasteiger partial charge in [0.1, 0.15) is 11.0 Å². The quantitative estimate of drug-likeness (QED) is 0.863. The van der Waals surface area contributed by atoms with Gasteiger partial charge in [-0.25, -0.2) is 4.98 Å². The van der Waals surface area contributed by atoms with Crippen LogP contribution in [0, 0.1) is 0 Å². The maximum atomic E-state index is 6.11. The molecule has 1 heterocycles. The second-order valence-corrected chi connectivity index (χ2v) is 5.98. The minimum absolute atomic E-state index is 0.297. The van der Waals surface area contributed by atoms with Gasteiger partial charge in [0, 0.05) is 6.54 Å². The maximum Gasteiger partial charge on any atom is 0.161 e. The topological polar surface area (TPSA) is 56.3 Å². The van der Waals surface area contributed by atoms with E-state index in [0.717, 1.165) is 29.9 Å². The summed E-state index contributed by atoms with van der Waals surface area (Å²) in [4.78, 5) is 8.17. The monoisotopic (exact) mass is 333 g/mol. The molecule has 0 unspecified atom stereocenters. The molecule has 122 valence electrons. The molecule has 1 aliphatic rings. The Labute approximate surface area is 141 Å². The second kappa shape index (κ2) is 7.51. The summed E-state index contributed by atoms with van der Waals surface area (Å²) in [5.41, 5.74) is 1.08. The molecule has 0 saturated heterocycles. The van der Waals surface area contributed by atoms with Gasteiger partial charge in [0.05, 0.1) is 25.6 Å². The standard InChI is InChI=1S/C17H20ClN3O2/c1-22-14-7-6-12(8-15(14)23-13-4-2-3-5-13)9-20-17-11-19-10-16(18)21-17/h6-8,10-11,13H,2-5,9H2,1H3,(H,20,21). The van der Waals surface area contributed by atoms with Crippen molar-refractivity contribution in [2.24, 2.45) is 0 Å². The molecule has 2 aromatic rings. The predicted octanol–water partition coefficient (Wildman–Crippen LogP) is 4.07. The molecule has 1 aromatic carbocycles. The lowest BCUT2D eigenvalue weighted by atomic mass is 10.2. The Balaban J connectivity index is 1.69. The Morgan fingerprint density at radius 2 is 2.04 bits per heavy atom. The van der Waals surface area contributed by atoms with Crippen molar-refractivity contribution in [2.75, 3.05) is 12.4 Å². The molecule has 0 radical (unpaired) electrons. The molecule has 1 fully saturated rings. The van der Waals surface area contributed by atoms with Gasteiger partial charge in [-0.3, -0.25) is 4.98 Å². The smallest absolute Gasteiger partial charge is 0.161 e. The molecule has 0 aliphatic heterocycles. The van der Waals surface area contributed by atoms with Crippen LogP contribution in [-0.4, -0.2) is 23.2 Å². The van der Waals surface area contributed by atoms with Crippen molar-refractivity contribution >= 4 is 17.4 Å². The van der Waals surface area contributed by atoms with Crippen molar-refractivity contribution in [1.29, 1.82) is 0 Å². The van der Waals surface area contributed by atoms with Crippen LogP contribution in [-0.2, 0) is 6.54 Å². The number of ether oxygens (including phenoxy) is 2.